The largest absolute Gasteiger partial charge is 0.480 e. The zero-order chi connectivity index (χ0) is 21.1. The Morgan fingerprint density at radius 3 is 2.29 bits per heavy atom. The first-order valence-corrected chi connectivity index (χ1v) is 9.25. The minimum absolute atomic E-state index is 0.0132. The Bertz CT molecular complexity index is 728. The zero-order valence-electron chi connectivity index (χ0n) is 14.9. The maximum absolute atomic E-state index is 12.2. The van der Waals surface area contributed by atoms with Crippen molar-refractivity contribution >= 4 is 40.6 Å². The van der Waals surface area contributed by atoms with Gasteiger partial charge in [0.05, 0.1) is 6.04 Å². The molecule has 0 radical (unpaired) electrons. The number of thioether (sulfide) groups is 1. The molecule has 0 heterocycles. The standard InChI is InChI=1S/C17H22N4O6S/c18-11(6-7-13(19)22)15(25)21-12(16(26)20-8-14(23)24)9-28-17(27)10-4-2-1-3-5-10/h1-5,11-12H,6-9,18H2,(H2,19,22)(H,20,26)(H,21,25)(H,23,24)/t11-,12-/m0/s1. The van der Waals surface area contributed by atoms with Crippen molar-refractivity contribution in [2.45, 2.75) is 24.9 Å². The summed E-state index contributed by atoms with van der Waals surface area (Å²) in [6.07, 6.45) is -0.119. The molecule has 7 N–H and O–H groups in total. The molecule has 0 saturated carbocycles. The SMILES string of the molecule is NC(=O)CC[C@H](N)C(=O)N[C@@H](CSC(=O)c1ccccc1)C(=O)NCC(=O)O. The van der Waals surface area contributed by atoms with E-state index < -0.39 is 42.3 Å². The maximum atomic E-state index is 12.2. The van der Waals surface area contributed by atoms with Gasteiger partial charge < -0.3 is 27.2 Å². The lowest BCUT2D eigenvalue weighted by atomic mass is 10.1. The second-order valence-electron chi connectivity index (χ2n) is 5.75. The van der Waals surface area contributed by atoms with Crippen LogP contribution in [0.25, 0.3) is 0 Å². The molecule has 152 valence electrons. The highest BCUT2D eigenvalue weighted by Crippen LogP contribution is 2.13. The molecule has 0 saturated heterocycles. The van der Waals surface area contributed by atoms with Crippen molar-refractivity contribution < 1.29 is 29.1 Å². The molecule has 0 unspecified atom stereocenters. The van der Waals surface area contributed by atoms with Crippen molar-refractivity contribution in [2.75, 3.05) is 12.3 Å². The number of benzene rings is 1. The van der Waals surface area contributed by atoms with Crippen molar-refractivity contribution in [1.82, 2.24) is 10.6 Å². The number of primary amides is 1. The minimum Gasteiger partial charge on any atom is -0.480 e. The Morgan fingerprint density at radius 1 is 1.07 bits per heavy atom. The van der Waals surface area contributed by atoms with E-state index in [4.69, 9.17) is 16.6 Å². The number of carboxylic acid groups (broad SMARTS) is 1. The third-order valence-electron chi connectivity index (χ3n) is 3.48. The van der Waals surface area contributed by atoms with Gasteiger partial charge in [-0.2, -0.15) is 0 Å². The monoisotopic (exact) mass is 410 g/mol. The maximum Gasteiger partial charge on any atom is 0.322 e. The van der Waals surface area contributed by atoms with E-state index in [1.54, 1.807) is 30.3 Å². The fourth-order valence-corrected chi connectivity index (χ4v) is 2.85. The molecule has 1 rings (SSSR count). The fraction of sp³-hybridized carbons (Fsp3) is 0.353. The van der Waals surface area contributed by atoms with Crippen LogP contribution in [0.15, 0.2) is 30.3 Å². The van der Waals surface area contributed by atoms with Crippen LogP contribution in [0.4, 0.5) is 0 Å². The van der Waals surface area contributed by atoms with E-state index in [0.717, 1.165) is 11.8 Å². The number of nitrogens with one attached hydrogen (secondary N) is 2. The Balaban J connectivity index is 2.73. The summed E-state index contributed by atoms with van der Waals surface area (Å²) in [5.74, 6) is -3.50. The van der Waals surface area contributed by atoms with Gasteiger partial charge in [-0.25, -0.2) is 0 Å². The smallest absolute Gasteiger partial charge is 0.322 e. The fourth-order valence-electron chi connectivity index (χ4n) is 1.99. The van der Waals surface area contributed by atoms with Crippen molar-refractivity contribution in [3.05, 3.63) is 35.9 Å². The predicted octanol–water partition coefficient (Wildman–Crippen LogP) is -1.16. The molecule has 0 aliphatic carbocycles. The van der Waals surface area contributed by atoms with Gasteiger partial charge >= 0.3 is 5.97 Å². The van der Waals surface area contributed by atoms with Crippen LogP contribution in [0.1, 0.15) is 23.2 Å². The molecule has 0 bridgehead atoms. The van der Waals surface area contributed by atoms with Gasteiger partial charge in [-0.15, -0.1) is 0 Å². The summed E-state index contributed by atoms with van der Waals surface area (Å²) >= 11 is 0.795. The first kappa shape index (κ1) is 23.1. The molecule has 0 aliphatic heterocycles. The molecule has 1 aromatic rings. The molecule has 0 fully saturated rings. The van der Waals surface area contributed by atoms with Crippen LogP contribution in [0.5, 0.6) is 0 Å². The summed E-state index contributed by atoms with van der Waals surface area (Å²) in [6.45, 7) is -0.643. The van der Waals surface area contributed by atoms with E-state index in [2.05, 4.69) is 10.6 Å². The van der Waals surface area contributed by atoms with Crippen LogP contribution in [0, 0.1) is 0 Å². The van der Waals surface area contributed by atoms with Gasteiger partial charge in [-0.05, 0) is 6.42 Å². The Hall–Kier alpha value is -2.92. The number of hydrogen-bond donors (Lipinski definition) is 5. The number of carbonyl (C=O) groups excluding carboxylic acids is 4. The second-order valence-corrected chi connectivity index (χ2v) is 6.74. The minimum atomic E-state index is -1.26. The van der Waals surface area contributed by atoms with E-state index in [1.165, 1.54) is 0 Å². The van der Waals surface area contributed by atoms with Gasteiger partial charge in [0.2, 0.25) is 22.8 Å². The topological polar surface area (TPSA) is 182 Å². The quantitative estimate of drug-likeness (QED) is 0.303. The number of carbonyl (C=O) groups is 5. The highest BCUT2D eigenvalue weighted by atomic mass is 32.2. The number of carboxylic acids is 1. The van der Waals surface area contributed by atoms with Crippen molar-refractivity contribution in [2.24, 2.45) is 11.5 Å². The molecule has 0 spiro atoms. The van der Waals surface area contributed by atoms with Crippen molar-refractivity contribution in [1.29, 1.82) is 0 Å². The lowest BCUT2D eigenvalue weighted by molar-refractivity contribution is -0.138. The van der Waals surface area contributed by atoms with Crippen LogP contribution >= 0.6 is 11.8 Å². The average Bonchev–Trinajstić information content (AvgIpc) is 2.67. The molecule has 0 aliphatic rings. The number of nitrogens with two attached hydrogens (primary N) is 2. The summed E-state index contributed by atoms with van der Waals surface area (Å²) in [5.41, 5.74) is 11.1. The first-order chi connectivity index (χ1) is 13.2. The molecule has 11 heteroatoms. The summed E-state index contributed by atoms with van der Waals surface area (Å²) < 4.78 is 0. The van der Waals surface area contributed by atoms with Gasteiger partial charge in [-0.3, -0.25) is 24.0 Å². The molecular formula is C17H22N4O6S. The number of hydrogen-bond acceptors (Lipinski definition) is 7. The summed E-state index contributed by atoms with van der Waals surface area (Å²) in [4.78, 5) is 57.9. The average molecular weight is 410 g/mol. The Labute approximate surface area is 165 Å². The molecule has 28 heavy (non-hydrogen) atoms. The third kappa shape index (κ3) is 8.64. The number of rotatable bonds is 11. The zero-order valence-corrected chi connectivity index (χ0v) is 15.7. The summed E-state index contributed by atoms with van der Waals surface area (Å²) in [7, 11) is 0. The molecule has 3 amide bonds. The van der Waals surface area contributed by atoms with Crippen LogP contribution in [0.3, 0.4) is 0 Å². The molecular weight excluding hydrogens is 388 g/mol. The van der Waals surface area contributed by atoms with Crippen LogP contribution in [-0.2, 0) is 19.2 Å². The Kier molecular flexibility index (Phi) is 9.68. The van der Waals surface area contributed by atoms with Crippen LogP contribution in [0.2, 0.25) is 0 Å². The summed E-state index contributed by atoms with van der Waals surface area (Å²) in [5, 5.41) is 12.9. The van der Waals surface area contributed by atoms with Gasteiger partial charge in [0.25, 0.3) is 0 Å². The van der Waals surface area contributed by atoms with Gasteiger partial charge in [-0.1, -0.05) is 42.1 Å². The highest BCUT2D eigenvalue weighted by molar-refractivity contribution is 8.14. The third-order valence-corrected chi connectivity index (χ3v) is 4.47. The second kappa shape index (κ2) is 11.7. The molecule has 2 atom stereocenters. The van der Waals surface area contributed by atoms with Gasteiger partial charge in [0, 0.05) is 17.7 Å². The van der Waals surface area contributed by atoms with Crippen LogP contribution in [-0.4, -0.2) is 58.3 Å². The number of amides is 3. The first-order valence-electron chi connectivity index (χ1n) is 8.26. The van der Waals surface area contributed by atoms with Crippen molar-refractivity contribution in [3.63, 3.8) is 0 Å². The van der Waals surface area contributed by atoms with Crippen LogP contribution < -0.4 is 22.1 Å². The van der Waals surface area contributed by atoms with E-state index in [9.17, 15) is 24.0 Å². The lowest BCUT2D eigenvalue weighted by Crippen LogP contribution is -2.53. The van der Waals surface area contributed by atoms with Crippen molar-refractivity contribution in [3.8, 4) is 0 Å². The number of aliphatic carboxylic acids is 1. The predicted molar refractivity (Wildman–Crippen MR) is 102 cm³/mol. The molecule has 10 nitrogen and oxygen atoms in total. The molecule has 1 aromatic carbocycles. The summed E-state index contributed by atoms with van der Waals surface area (Å²) in [6, 6.07) is 6.05. The van der Waals surface area contributed by atoms with Gasteiger partial charge in [0.15, 0.2) is 0 Å². The Morgan fingerprint density at radius 2 is 1.71 bits per heavy atom. The van der Waals surface area contributed by atoms with E-state index in [-0.39, 0.29) is 23.7 Å². The normalized spacial score (nSPS) is 12.5. The van der Waals surface area contributed by atoms with E-state index in [0.29, 0.717) is 5.56 Å². The molecule has 0 aromatic heterocycles. The highest BCUT2D eigenvalue weighted by Gasteiger charge is 2.25. The van der Waals surface area contributed by atoms with E-state index >= 15 is 0 Å². The van der Waals surface area contributed by atoms with Gasteiger partial charge in [0.1, 0.15) is 12.6 Å². The van der Waals surface area contributed by atoms with E-state index in [1.807, 2.05) is 0 Å². The lowest BCUT2D eigenvalue weighted by Gasteiger charge is -2.19.